The lowest BCUT2D eigenvalue weighted by Gasteiger charge is -2.10. The van der Waals surface area contributed by atoms with Crippen LogP contribution in [0.25, 0.3) is 0 Å². The molecule has 0 aliphatic carbocycles. The lowest BCUT2D eigenvalue weighted by molar-refractivity contribution is 0.100. The van der Waals surface area contributed by atoms with E-state index in [1.807, 2.05) is 19.1 Å². The fraction of sp³-hybridized carbons (Fsp3) is 0.100. The van der Waals surface area contributed by atoms with Gasteiger partial charge in [0.2, 0.25) is 5.95 Å². The number of halogens is 1. The van der Waals surface area contributed by atoms with Gasteiger partial charge < -0.3 is 10.6 Å². The number of hydrogen-bond acceptors (Lipinski definition) is 5. The molecule has 6 nitrogen and oxygen atoms in total. The summed E-state index contributed by atoms with van der Waals surface area (Å²) in [7, 11) is 0. The van der Waals surface area contributed by atoms with Crippen molar-refractivity contribution in [2.75, 3.05) is 10.6 Å². The first kappa shape index (κ1) is 18.5. The molecular weight excluding hydrogens is 364 g/mol. The van der Waals surface area contributed by atoms with Gasteiger partial charge in [0.25, 0.3) is 5.91 Å². The molecule has 7 heteroatoms. The zero-order chi connectivity index (χ0) is 19.4. The standard InChI is InChI=1S/C20H17ClN4O2/c1-12-16(21)7-4-8-17(12)24-20-22-10-9-18(25-20)19(27)23-15-6-3-5-14(11-15)13(2)26/h3-11H,1-2H3,(H,23,27)(H,22,24,25). The van der Waals surface area contributed by atoms with Crippen molar-refractivity contribution in [3.8, 4) is 0 Å². The number of Topliss-reactive ketones (excluding diaryl/α,β-unsaturated/α-hetero) is 1. The summed E-state index contributed by atoms with van der Waals surface area (Å²) < 4.78 is 0. The van der Waals surface area contributed by atoms with Gasteiger partial charge in [-0.3, -0.25) is 9.59 Å². The minimum absolute atomic E-state index is 0.0727. The number of nitrogens with zero attached hydrogens (tertiary/aromatic N) is 2. The van der Waals surface area contributed by atoms with Crippen LogP contribution in [0.15, 0.2) is 54.7 Å². The summed E-state index contributed by atoms with van der Waals surface area (Å²) in [6.45, 7) is 3.35. The largest absolute Gasteiger partial charge is 0.324 e. The van der Waals surface area contributed by atoms with E-state index < -0.39 is 5.91 Å². The third kappa shape index (κ3) is 4.48. The summed E-state index contributed by atoms with van der Waals surface area (Å²) in [5.41, 5.74) is 2.86. The first-order valence-corrected chi connectivity index (χ1v) is 8.59. The van der Waals surface area contributed by atoms with Crippen molar-refractivity contribution in [2.24, 2.45) is 0 Å². The van der Waals surface area contributed by atoms with Gasteiger partial charge in [-0.05, 0) is 49.7 Å². The molecule has 3 aromatic rings. The van der Waals surface area contributed by atoms with Gasteiger partial charge in [-0.1, -0.05) is 29.8 Å². The number of carbonyl (C=O) groups excluding carboxylic acids is 2. The number of aromatic nitrogens is 2. The molecule has 0 radical (unpaired) electrons. The van der Waals surface area contributed by atoms with E-state index in [0.29, 0.717) is 16.3 Å². The smallest absolute Gasteiger partial charge is 0.274 e. The molecule has 0 aliphatic heterocycles. The van der Waals surface area contributed by atoms with E-state index in [-0.39, 0.29) is 17.4 Å². The molecule has 0 bridgehead atoms. The molecule has 0 unspecified atom stereocenters. The molecular formula is C20H17ClN4O2. The van der Waals surface area contributed by atoms with Crippen LogP contribution in [-0.2, 0) is 0 Å². The van der Waals surface area contributed by atoms with Crippen molar-refractivity contribution in [3.05, 3.63) is 76.6 Å². The zero-order valence-electron chi connectivity index (χ0n) is 14.8. The monoisotopic (exact) mass is 380 g/mol. The minimum Gasteiger partial charge on any atom is -0.324 e. The third-order valence-corrected chi connectivity index (χ3v) is 4.34. The van der Waals surface area contributed by atoms with Crippen molar-refractivity contribution in [2.45, 2.75) is 13.8 Å². The van der Waals surface area contributed by atoms with Gasteiger partial charge in [-0.25, -0.2) is 9.97 Å². The van der Waals surface area contributed by atoms with Crippen molar-refractivity contribution in [3.63, 3.8) is 0 Å². The lowest BCUT2D eigenvalue weighted by atomic mass is 10.1. The second-order valence-electron chi connectivity index (χ2n) is 5.89. The van der Waals surface area contributed by atoms with Crippen molar-refractivity contribution in [1.29, 1.82) is 0 Å². The quantitative estimate of drug-likeness (QED) is 0.630. The number of rotatable bonds is 5. The highest BCUT2D eigenvalue weighted by molar-refractivity contribution is 6.31. The highest BCUT2D eigenvalue weighted by Crippen LogP contribution is 2.25. The van der Waals surface area contributed by atoms with E-state index in [1.165, 1.54) is 19.2 Å². The van der Waals surface area contributed by atoms with Crippen LogP contribution in [0.1, 0.15) is 33.3 Å². The number of benzene rings is 2. The van der Waals surface area contributed by atoms with E-state index in [4.69, 9.17) is 11.6 Å². The molecule has 0 spiro atoms. The number of amides is 1. The third-order valence-electron chi connectivity index (χ3n) is 3.93. The number of carbonyl (C=O) groups is 2. The number of hydrogen-bond donors (Lipinski definition) is 2. The fourth-order valence-electron chi connectivity index (χ4n) is 2.42. The Morgan fingerprint density at radius 2 is 1.85 bits per heavy atom. The molecule has 0 saturated carbocycles. The van der Waals surface area contributed by atoms with Crippen molar-refractivity contribution < 1.29 is 9.59 Å². The Balaban J connectivity index is 1.78. The number of anilines is 3. The first-order chi connectivity index (χ1) is 12.9. The Hall–Kier alpha value is -3.25. The van der Waals surface area contributed by atoms with E-state index in [9.17, 15) is 9.59 Å². The number of ketones is 1. The SMILES string of the molecule is CC(=O)c1cccc(NC(=O)c2ccnc(Nc3cccc(Cl)c3C)n2)c1. The topological polar surface area (TPSA) is 84.0 Å². The Labute approximate surface area is 161 Å². The van der Waals surface area contributed by atoms with Gasteiger partial charge >= 0.3 is 0 Å². The van der Waals surface area contributed by atoms with Crippen LogP contribution in [0.3, 0.4) is 0 Å². The van der Waals surface area contributed by atoms with Crippen LogP contribution >= 0.6 is 11.6 Å². The molecule has 0 saturated heterocycles. The Morgan fingerprint density at radius 3 is 2.63 bits per heavy atom. The molecule has 0 atom stereocenters. The maximum atomic E-state index is 12.5. The predicted molar refractivity (Wildman–Crippen MR) is 106 cm³/mol. The molecule has 1 aromatic heterocycles. The molecule has 2 aromatic carbocycles. The van der Waals surface area contributed by atoms with Crippen molar-refractivity contribution >= 4 is 40.6 Å². The van der Waals surface area contributed by atoms with Crippen LogP contribution in [0, 0.1) is 6.92 Å². The zero-order valence-corrected chi connectivity index (χ0v) is 15.5. The van der Waals surface area contributed by atoms with Crippen LogP contribution in [0.2, 0.25) is 5.02 Å². The van der Waals surface area contributed by atoms with Crippen LogP contribution in [0.5, 0.6) is 0 Å². The Morgan fingerprint density at radius 1 is 1.07 bits per heavy atom. The van der Waals surface area contributed by atoms with Gasteiger partial charge in [0.1, 0.15) is 5.69 Å². The highest BCUT2D eigenvalue weighted by Gasteiger charge is 2.11. The van der Waals surface area contributed by atoms with Gasteiger partial charge in [0, 0.05) is 28.2 Å². The average Bonchev–Trinajstić information content (AvgIpc) is 2.66. The molecule has 1 heterocycles. The molecule has 3 rings (SSSR count). The maximum Gasteiger partial charge on any atom is 0.274 e. The molecule has 27 heavy (non-hydrogen) atoms. The Kier molecular flexibility index (Phi) is 5.47. The Bertz CT molecular complexity index is 1020. The van der Waals surface area contributed by atoms with E-state index >= 15 is 0 Å². The molecule has 2 N–H and O–H groups in total. The summed E-state index contributed by atoms with van der Waals surface area (Å²) in [5, 5.41) is 6.42. The van der Waals surface area contributed by atoms with E-state index in [0.717, 1.165) is 11.3 Å². The van der Waals surface area contributed by atoms with Crippen LogP contribution in [0.4, 0.5) is 17.3 Å². The number of nitrogens with one attached hydrogen (secondary N) is 2. The van der Waals surface area contributed by atoms with Crippen LogP contribution in [-0.4, -0.2) is 21.7 Å². The summed E-state index contributed by atoms with van der Waals surface area (Å²) in [4.78, 5) is 32.3. The minimum atomic E-state index is -0.399. The highest BCUT2D eigenvalue weighted by atomic mass is 35.5. The molecule has 0 aliphatic rings. The van der Waals surface area contributed by atoms with Crippen molar-refractivity contribution in [1.82, 2.24) is 9.97 Å². The normalized spacial score (nSPS) is 10.3. The van der Waals surface area contributed by atoms with Gasteiger partial charge in [-0.15, -0.1) is 0 Å². The molecule has 136 valence electrons. The summed E-state index contributed by atoms with van der Waals surface area (Å²) in [5.74, 6) is -0.189. The van der Waals surface area contributed by atoms with E-state index in [2.05, 4.69) is 20.6 Å². The fourth-order valence-corrected chi connectivity index (χ4v) is 2.59. The van der Waals surface area contributed by atoms with Gasteiger partial charge in [-0.2, -0.15) is 0 Å². The first-order valence-electron chi connectivity index (χ1n) is 8.21. The maximum absolute atomic E-state index is 12.5. The summed E-state index contributed by atoms with van der Waals surface area (Å²) in [6.07, 6.45) is 1.50. The summed E-state index contributed by atoms with van der Waals surface area (Å²) in [6, 6.07) is 13.7. The van der Waals surface area contributed by atoms with Gasteiger partial charge in [0.05, 0.1) is 0 Å². The average molecular weight is 381 g/mol. The van der Waals surface area contributed by atoms with Crippen LogP contribution < -0.4 is 10.6 Å². The molecule has 0 fully saturated rings. The van der Waals surface area contributed by atoms with Gasteiger partial charge in [0.15, 0.2) is 5.78 Å². The lowest BCUT2D eigenvalue weighted by Crippen LogP contribution is -2.15. The summed E-state index contributed by atoms with van der Waals surface area (Å²) >= 11 is 6.12. The van der Waals surface area contributed by atoms with E-state index in [1.54, 1.807) is 30.3 Å². The second-order valence-corrected chi connectivity index (χ2v) is 6.30. The predicted octanol–water partition coefficient (Wildman–Crippen LogP) is 4.64. The molecule has 1 amide bonds. The second kappa shape index (κ2) is 7.97.